The largest absolute Gasteiger partial charge is 0.462 e. The molecule has 7 heteroatoms. The number of hydrogen-bond acceptors (Lipinski definition) is 4. The van der Waals surface area contributed by atoms with Gasteiger partial charge in [0.2, 0.25) is 5.91 Å². The number of benzene rings is 1. The number of piperidine rings is 1. The second kappa shape index (κ2) is 10.7. The van der Waals surface area contributed by atoms with E-state index in [0.717, 1.165) is 18.4 Å². The van der Waals surface area contributed by atoms with Crippen LogP contribution in [0.4, 0.5) is 0 Å². The third-order valence-electron chi connectivity index (χ3n) is 6.67. The number of aryl methyl sites for hydroxylation is 2. The van der Waals surface area contributed by atoms with E-state index < -0.39 is 5.97 Å². The Hall–Kier alpha value is -3.09. The van der Waals surface area contributed by atoms with Crippen molar-refractivity contribution in [1.29, 1.82) is 0 Å². The number of aromatic nitrogens is 1. The maximum atomic E-state index is 13.1. The minimum atomic E-state index is -0.410. The van der Waals surface area contributed by atoms with Gasteiger partial charge < -0.3 is 19.9 Å². The molecule has 0 saturated carbocycles. The first-order chi connectivity index (χ1) is 15.7. The average Bonchev–Trinajstić information content (AvgIpc) is 3.11. The van der Waals surface area contributed by atoms with Gasteiger partial charge in [0.1, 0.15) is 5.69 Å². The zero-order chi connectivity index (χ0) is 24.1. The number of likely N-dealkylation sites (tertiary alicyclic amines) is 1. The van der Waals surface area contributed by atoms with E-state index in [1.807, 2.05) is 38.1 Å². The highest BCUT2D eigenvalue weighted by molar-refractivity contribution is 6.00. The van der Waals surface area contributed by atoms with Crippen LogP contribution >= 0.6 is 0 Å². The fourth-order valence-corrected chi connectivity index (χ4v) is 4.50. The van der Waals surface area contributed by atoms with Crippen molar-refractivity contribution in [3.63, 3.8) is 0 Å². The van der Waals surface area contributed by atoms with Crippen molar-refractivity contribution in [2.24, 2.45) is 11.8 Å². The van der Waals surface area contributed by atoms with E-state index in [0.29, 0.717) is 42.1 Å². The lowest BCUT2D eigenvalue weighted by molar-refractivity contribution is -0.126. The van der Waals surface area contributed by atoms with Gasteiger partial charge in [0, 0.05) is 31.2 Å². The van der Waals surface area contributed by atoms with Crippen LogP contribution in [0.2, 0.25) is 0 Å². The van der Waals surface area contributed by atoms with Gasteiger partial charge in [-0.2, -0.15) is 0 Å². The van der Waals surface area contributed by atoms with Gasteiger partial charge in [0.15, 0.2) is 0 Å². The summed E-state index contributed by atoms with van der Waals surface area (Å²) in [4.78, 5) is 42.9. The number of amides is 2. The van der Waals surface area contributed by atoms with Crippen LogP contribution in [0.1, 0.15) is 69.9 Å². The predicted octanol–water partition coefficient (Wildman–Crippen LogP) is 3.92. The molecule has 0 spiro atoms. The van der Waals surface area contributed by atoms with Crippen LogP contribution in [0, 0.1) is 32.6 Å². The SMILES string of the molecule is CCOC(=O)c1c(C)[nH]c(C(=O)N2CCC(C(C)C(=O)NCc3ccc(C)cc3)CC2)c1C. The zero-order valence-electron chi connectivity index (χ0n) is 20.3. The Bertz CT molecular complexity index is 1000. The van der Waals surface area contributed by atoms with Gasteiger partial charge in [-0.1, -0.05) is 36.8 Å². The maximum Gasteiger partial charge on any atom is 0.340 e. The molecule has 1 saturated heterocycles. The predicted molar refractivity (Wildman–Crippen MR) is 127 cm³/mol. The van der Waals surface area contributed by atoms with Gasteiger partial charge in [-0.25, -0.2) is 4.79 Å². The van der Waals surface area contributed by atoms with Crippen LogP contribution in [-0.4, -0.2) is 47.4 Å². The van der Waals surface area contributed by atoms with Gasteiger partial charge >= 0.3 is 5.97 Å². The van der Waals surface area contributed by atoms with Crippen LogP contribution in [0.25, 0.3) is 0 Å². The number of nitrogens with one attached hydrogen (secondary N) is 2. The zero-order valence-corrected chi connectivity index (χ0v) is 20.3. The van der Waals surface area contributed by atoms with Crippen molar-refractivity contribution in [3.05, 3.63) is 57.9 Å². The van der Waals surface area contributed by atoms with Crippen molar-refractivity contribution >= 4 is 17.8 Å². The number of hydrogen-bond donors (Lipinski definition) is 2. The maximum absolute atomic E-state index is 13.1. The molecule has 2 N–H and O–H groups in total. The molecule has 1 fully saturated rings. The summed E-state index contributed by atoms with van der Waals surface area (Å²) in [5, 5.41) is 3.04. The quantitative estimate of drug-likeness (QED) is 0.622. The Morgan fingerprint density at radius 3 is 2.36 bits per heavy atom. The van der Waals surface area contributed by atoms with Crippen LogP contribution in [-0.2, 0) is 16.1 Å². The Morgan fingerprint density at radius 2 is 1.76 bits per heavy atom. The molecule has 1 aliphatic heterocycles. The third-order valence-corrected chi connectivity index (χ3v) is 6.67. The molecule has 2 aromatic rings. The summed E-state index contributed by atoms with van der Waals surface area (Å²) in [6.45, 7) is 11.3. The summed E-state index contributed by atoms with van der Waals surface area (Å²) in [5.74, 6) is -0.352. The summed E-state index contributed by atoms with van der Waals surface area (Å²) in [6.07, 6.45) is 1.54. The molecule has 2 amide bonds. The fourth-order valence-electron chi connectivity index (χ4n) is 4.50. The molecule has 1 aromatic carbocycles. The highest BCUT2D eigenvalue weighted by Crippen LogP contribution is 2.27. The number of carbonyl (C=O) groups is 3. The Kier molecular flexibility index (Phi) is 7.95. The molecule has 178 valence electrons. The first-order valence-corrected chi connectivity index (χ1v) is 11.7. The molecule has 2 heterocycles. The molecule has 3 rings (SSSR count). The van der Waals surface area contributed by atoms with Crippen LogP contribution in [0.5, 0.6) is 0 Å². The standard InChI is InChI=1S/C26H35N3O4/c1-6-33-26(32)22-18(4)23(28-19(22)5)25(31)29-13-11-21(12-14-29)17(3)24(30)27-15-20-9-7-16(2)8-10-20/h7-10,17,21,28H,6,11-15H2,1-5H3,(H,27,30). The number of aromatic amines is 1. The summed E-state index contributed by atoms with van der Waals surface area (Å²) in [7, 11) is 0. The van der Waals surface area contributed by atoms with Crippen molar-refractivity contribution in [2.75, 3.05) is 19.7 Å². The Labute approximate surface area is 195 Å². The number of carbonyl (C=O) groups excluding carboxylic acids is 3. The molecule has 0 bridgehead atoms. The first kappa shape index (κ1) is 24.6. The number of H-pyrrole nitrogens is 1. The van der Waals surface area contributed by atoms with Crippen molar-refractivity contribution in [2.45, 2.75) is 54.0 Å². The smallest absolute Gasteiger partial charge is 0.340 e. The van der Waals surface area contributed by atoms with Crippen molar-refractivity contribution in [1.82, 2.24) is 15.2 Å². The van der Waals surface area contributed by atoms with Crippen LogP contribution in [0.15, 0.2) is 24.3 Å². The molecular weight excluding hydrogens is 418 g/mol. The van der Waals surface area contributed by atoms with E-state index in [4.69, 9.17) is 4.74 Å². The Morgan fingerprint density at radius 1 is 1.12 bits per heavy atom. The fraction of sp³-hybridized carbons (Fsp3) is 0.500. The lowest BCUT2D eigenvalue weighted by Gasteiger charge is -2.34. The van der Waals surface area contributed by atoms with E-state index in [9.17, 15) is 14.4 Å². The van der Waals surface area contributed by atoms with Crippen LogP contribution in [0.3, 0.4) is 0 Å². The van der Waals surface area contributed by atoms with Gasteiger partial charge in [0.25, 0.3) is 5.91 Å². The molecule has 1 atom stereocenters. The second-order valence-corrected chi connectivity index (χ2v) is 8.97. The van der Waals surface area contributed by atoms with E-state index >= 15 is 0 Å². The molecule has 1 aromatic heterocycles. The molecule has 1 unspecified atom stereocenters. The lowest BCUT2D eigenvalue weighted by Crippen LogP contribution is -2.42. The molecule has 7 nitrogen and oxygen atoms in total. The average molecular weight is 454 g/mol. The molecular formula is C26H35N3O4. The topological polar surface area (TPSA) is 91.5 Å². The molecule has 33 heavy (non-hydrogen) atoms. The number of ether oxygens (including phenoxy) is 1. The van der Waals surface area contributed by atoms with E-state index in [1.54, 1.807) is 25.7 Å². The first-order valence-electron chi connectivity index (χ1n) is 11.7. The van der Waals surface area contributed by atoms with E-state index in [1.165, 1.54) is 5.56 Å². The highest BCUT2D eigenvalue weighted by atomic mass is 16.5. The third kappa shape index (κ3) is 5.64. The van der Waals surface area contributed by atoms with Gasteiger partial charge in [0.05, 0.1) is 12.2 Å². The van der Waals surface area contributed by atoms with E-state index in [-0.39, 0.29) is 30.3 Å². The minimum absolute atomic E-state index is 0.0512. The van der Waals surface area contributed by atoms with Crippen LogP contribution < -0.4 is 5.32 Å². The normalized spacial score (nSPS) is 15.2. The number of rotatable bonds is 7. The van der Waals surface area contributed by atoms with Gasteiger partial charge in [-0.3, -0.25) is 9.59 Å². The summed E-state index contributed by atoms with van der Waals surface area (Å²) in [5.41, 5.74) is 4.43. The number of nitrogens with zero attached hydrogens (tertiary/aromatic N) is 1. The van der Waals surface area contributed by atoms with E-state index in [2.05, 4.69) is 10.3 Å². The van der Waals surface area contributed by atoms with Gasteiger partial charge in [-0.05, 0) is 57.6 Å². The molecule has 0 aliphatic carbocycles. The lowest BCUT2D eigenvalue weighted by atomic mass is 9.84. The summed E-state index contributed by atoms with van der Waals surface area (Å²) in [6, 6.07) is 8.14. The highest BCUT2D eigenvalue weighted by Gasteiger charge is 2.32. The molecule has 1 aliphatic rings. The minimum Gasteiger partial charge on any atom is -0.462 e. The summed E-state index contributed by atoms with van der Waals surface area (Å²) >= 11 is 0. The van der Waals surface area contributed by atoms with Crippen molar-refractivity contribution < 1.29 is 19.1 Å². The molecule has 0 radical (unpaired) electrons. The Balaban J connectivity index is 1.55. The van der Waals surface area contributed by atoms with Gasteiger partial charge in [-0.15, -0.1) is 0 Å². The van der Waals surface area contributed by atoms with Crippen molar-refractivity contribution in [3.8, 4) is 0 Å². The summed E-state index contributed by atoms with van der Waals surface area (Å²) < 4.78 is 5.12. The monoisotopic (exact) mass is 453 g/mol. The number of esters is 1. The second-order valence-electron chi connectivity index (χ2n) is 8.97.